The average Bonchev–Trinajstić information content (AvgIpc) is 3.01. The molecule has 0 unspecified atom stereocenters. The van der Waals surface area contributed by atoms with Gasteiger partial charge in [0, 0.05) is 12.6 Å². The van der Waals surface area contributed by atoms with Crippen molar-refractivity contribution in [2.24, 2.45) is 0 Å². The second kappa shape index (κ2) is 8.70. The Hall–Kier alpha value is -2.05. The van der Waals surface area contributed by atoms with Gasteiger partial charge in [-0.3, -0.25) is 4.79 Å². The molecule has 3 rings (SSSR count). The maximum Gasteiger partial charge on any atom is 0.275 e. The molecule has 1 saturated heterocycles. The van der Waals surface area contributed by atoms with E-state index in [9.17, 15) is 4.79 Å². The van der Waals surface area contributed by atoms with E-state index in [0.717, 1.165) is 31.6 Å². The predicted molar refractivity (Wildman–Crippen MR) is 95.3 cm³/mol. The van der Waals surface area contributed by atoms with Crippen LogP contribution >= 0.6 is 12.4 Å². The minimum Gasteiger partial charge on any atom is -0.490 e. The van der Waals surface area contributed by atoms with Gasteiger partial charge in [0.15, 0.2) is 11.4 Å². The van der Waals surface area contributed by atoms with Gasteiger partial charge in [-0.25, -0.2) is 4.68 Å². The lowest BCUT2D eigenvalue weighted by molar-refractivity contribution is 0.0921. The summed E-state index contributed by atoms with van der Waals surface area (Å²) >= 11 is 0. The minimum atomic E-state index is -0.183. The number of benzene rings is 1. The van der Waals surface area contributed by atoms with E-state index in [1.54, 1.807) is 10.9 Å². The first-order valence-corrected chi connectivity index (χ1v) is 8.07. The Morgan fingerprint density at radius 1 is 1.42 bits per heavy atom. The topological polar surface area (TPSA) is 68.2 Å². The first kappa shape index (κ1) is 18.3. The van der Waals surface area contributed by atoms with E-state index < -0.39 is 0 Å². The number of piperidine rings is 1. The fourth-order valence-electron chi connectivity index (χ4n) is 2.72. The summed E-state index contributed by atoms with van der Waals surface area (Å²) < 4.78 is 7.27. The highest BCUT2D eigenvalue weighted by atomic mass is 35.5. The molecule has 130 valence electrons. The maximum atomic E-state index is 12.6. The molecule has 0 spiro atoms. The summed E-state index contributed by atoms with van der Waals surface area (Å²) in [6.07, 6.45) is 3.82. The fraction of sp³-hybridized carbons (Fsp3) is 0.412. The zero-order valence-electron chi connectivity index (χ0n) is 13.7. The summed E-state index contributed by atoms with van der Waals surface area (Å²) in [5, 5.41) is 10.8. The number of nitrogens with zero attached hydrogens (tertiary/aromatic N) is 2. The molecule has 7 heteroatoms. The molecular weight excluding hydrogens is 328 g/mol. The summed E-state index contributed by atoms with van der Waals surface area (Å²) in [6, 6.07) is 9.84. The Balaban J connectivity index is 0.00000208. The molecule has 1 aromatic carbocycles. The number of rotatable bonds is 5. The third kappa shape index (κ3) is 4.27. The van der Waals surface area contributed by atoms with Crippen molar-refractivity contribution in [1.29, 1.82) is 0 Å². The molecule has 1 aromatic heterocycles. The first-order valence-electron chi connectivity index (χ1n) is 8.07. The Labute approximate surface area is 148 Å². The van der Waals surface area contributed by atoms with Gasteiger partial charge >= 0.3 is 0 Å². The Morgan fingerprint density at radius 2 is 2.21 bits per heavy atom. The lowest BCUT2D eigenvalue weighted by Gasteiger charge is -2.23. The van der Waals surface area contributed by atoms with Gasteiger partial charge in [-0.1, -0.05) is 18.2 Å². The van der Waals surface area contributed by atoms with Crippen molar-refractivity contribution in [2.45, 2.75) is 25.8 Å². The number of carbonyl (C=O) groups is 1. The third-order valence-electron chi connectivity index (χ3n) is 3.85. The van der Waals surface area contributed by atoms with Crippen LogP contribution in [0.25, 0.3) is 5.69 Å². The smallest absolute Gasteiger partial charge is 0.275 e. The highest BCUT2D eigenvalue weighted by Crippen LogP contribution is 2.20. The predicted octanol–water partition coefficient (Wildman–Crippen LogP) is 2.17. The van der Waals surface area contributed by atoms with E-state index in [0.29, 0.717) is 18.1 Å². The van der Waals surface area contributed by atoms with Gasteiger partial charge in [-0.2, -0.15) is 5.10 Å². The van der Waals surface area contributed by atoms with E-state index in [1.165, 1.54) is 0 Å². The zero-order valence-corrected chi connectivity index (χ0v) is 14.5. The number of carbonyl (C=O) groups excluding carboxylic acids is 1. The van der Waals surface area contributed by atoms with Gasteiger partial charge in [-0.15, -0.1) is 12.4 Å². The lowest BCUT2D eigenvalue weighted by Crippen LogP contribution is -2.45. The normalized spacial score (nSPS) is 17.0. The Morgan fingerprint density at radius 3 is 2.88 bits per heavy atom. The Bertz CT molecular complexity index is 654. The summed E-state index contributed by atoms with van der Waals surface area (Å²) in [6.45, 7) is 4.20. The van der Waals surface area contributed by atoms with Crippen LogP contribution in [0.5, 0.6) is 5.75 Å². The molecule has 1 aliphatic rings. The van der Waals surface area contributed by atoms with Gasteiger partial charge in [0.05, 0.1) is 18.5 Å². The zero-order chi connectivity index (χ0) is 16.1. The van der Waals surface area contributed by atoms with Gasteiger partial charge in [0.2, 0.25) is 0 Å². The average molecular weight is 351 g/mol. The van der Waals surface area contributed by atoms with Crippen molar-refractivity contribution in [3.63, 3.8) is 0 Å². The summed E-state index contributed by atoms with van der Waals surface area (Å²) in [4.78, 5) is 12.6. The monoisotopic (exact) mass is 350 g/mol. The highest BCUT2D eigenvalue weighted by molar-refractivity contribution is 5.95. The molecule has 1 amide bonds. The van der Waals surface area contributed by atoms with Crippen LogP contribution in [0.4, 0.5) is 0 Å². The molecule has 0 aliphatic carbocycles. The van der Waals surface area contributed by atoms with Crippen molar-refractivity contribution >= 4 is 18.3 Å². The van der Waals surface area contributed by atoms with E-state index in [-0.39, 0.29) is 24.4 Å². The fourth-order valence-corrected chi connectivity index (χ4v) is 2.72. The van der Waals surface area contributed by atoms with Gasteiger partial charge in [0.25, 0.3) is 5.91 Å². The number of aromatic nitrogens is 2. The third-order valence-corrected chi connectivity index (χ3v) is 3.85. The molecule has 2 aromatic rings. The minimum absolute atomic E-state index is 0. The van der Waals surface area contributed by atoms with Crippen molar-refractivity contribution < 1.29 is 9.53 Å². The number of ether oxygens (including phenoxy) is 1. The summed E-state index contributed by atoms with van der Waals surface area (Å²) in [5.74, 6) is 0.328. The van der Waals surface area contributed by atoms with Crippen molar-refractivity contribution in [3.05, 3.63) is 42.2 Å². The van der Waals surface area contributed by atoms with Gasteiger partial charge in [0.1, 0.15) is 0 Å². The van der Waals surface area contributed by atoms with Crippen molar-refractivity contribution in [1.82, 2.24) is 20.4 Å². The molecule has 0 saturated carbocycles. The SMILES string of the molecule is CCOc1cn(-c2ccccc2)nc1C(=O)N[C@H]1CCCNC1.Cl. The number of para-hydroxylation sites is 1. The van der Waals surface area contributed by atoms with Crippen LogP contribution in [-0.4, -0.2) is 41.4 Å². The molecular formula is C17H23ClN4O2. The lowest BCUT2D eigenvalue weighted by atomic mass is 10.1. The molecule has 1 aliphatic heterocycles. The maximum absolute atomic E-state index is 12.6. The standard InChI is InChI=1S/C17H22N4O2.ClH/c1-2-23-15-12-21(14-8-4-3-5-9-14)20-16(15)17(22)19-13-7-6-10-18-11-13;/h3-5,8-9,12-13,18H,2,6-7,10-11H2,1H3,(H,19,22);1H/t13-;/m0./s1. The number of amides is 1. The molecule has 2 heterocycles. The molecule has 1 atom stereocenters. The van der Waals surface area contributed by atoms with Crippen LogP contribution in [0, 0.1) is 0 Å². The Kier molecular flexibility index (Phi) is 6.63. The molecule has 0 radical (unpaired) electrons. The van der Waals surface area contributed by atoms with Crippen LogP contribution in [0.1, 0.15) is 30.3 Å². The van der Waals surface area contributed by atoms with Crippen LogP contribution in [-0.2, 0) is 0 Å². The molecule has 1 fully saturated rings. The van der Waals surface area contributed by atoms with Crippen LogP contribution in [0.3, 0.4) is 0 Å². The van der Waals surface area contributed by atoms with E-state index in [4.69, 9.17) is 4.74 Å². The number of nitrogens with one attached hydrogen (secondary N) is 2. The van der Waals surface area contributed by atoms with E-state index in [1.807, 2.05) is 37.3 Å². The highest BCUT2D eigenvalue weighted by Gasteiger charge is 2.22. The molecule has 6 nitrogen and oxygen atoms in total. The van der Waals surface area contributed by atoms with Gasteiger partial charge in [-0.05, 0) is 38.4 Å². The van der Waals surface area contributed by atoms with Crippen molar-refractivity contribution in [3.8, 4) is 11.4 Å². The second-order valence-corrected chi connectivity index (χ2v) is 5.57. The quantitative estimate of drug-likeness (QED) is 0.867. The van der Waals surface area contributed by atoms with E-state index in [2.05, 4.69) is 15.7 Å². The second-order valence-electron chi connectivity index (χ2n) is 5.57. The molecule has 0 bridgehead atoms. The number of halogens is 1. The largest absolute Gasteiger partial charge is 0.490 e. The van der Waals surface area contributed by atoms with E-state index >= 15 is 0 Å². The first-order chi connectivity index (χ1) is 11.3. The van der Waals surface area contributed by atoms with Crippen LogP contribution < -0.4 is 15.4 Å². The van der Waals surface area contributed by atoms with Gasteiger partial charge < -0.3 is 15.4 Å². The van der Waals surface area contributed by atoms with Crippen LogP contribution in [0.15, 0.2) is 36.5 Å². The molecule has 24 heavy (non-hydrogen) atoms. The van der Waals surface area contributed by atoms with Crippen molar-refractivity contribution in [2.75, 3.05) is 19.7 Å². The number of hydrogen-bond donors (Lipinski definition) is 2. The molecule has 2 N–H and O–H groups in total. The number of hydrogen-bond acceptors (Lipinski definition) is 4. The van der Waals surface area contributed by atoms with Crippen LogP contribution in [0.2, 0.25) is 0 Å². The summed E-state index contributed by atoms with van der Waals surface area (Å²) in [5.41, 5.74) is 1.23. The summed E-state index contributed by atoms with van der Waals surface area (Å²) in [7, 11) is 0.